The second-order valence-electron chi connectivity index (χ2n) is 4.38. The molecule has 0 aliphatic heterocycles. The molecule has 1 aliphatic carbocycles. The predicted molar refractivity (Wildman–Crippen MR) is 59.3 cm³/mol. The molecule has 2 rings (SSSR count). The van der Waals surface area contributed by atoms with Crippen LogP contribution in [0.15, 0.2) is 12.1 Å². The summed E-state index contributed by atoms with van der Waals surface area (Å²) in [5.41, 5.74) is 5.49. The van der Waals surface area contributed by atoms with Crippen LogP contribution in [0.3, 0.4) is 0 Å². The van der Waals surface area contributed by atoms with Gasteiger partial charge in [-0.05, 0) is 30.9 Å². The number of carboxylic acid groups (broad SMARTS) is 1. The zero-order chi connectivity index (χ0) is 12.6. The molecule has 0 saturated heterocycles. The van der Waals surface area contributed by atoms with Gasteiger partial charge in [-0.3, -0.25) is 0 Å². The molecule has 1 saturated carbocycles. The number of nitrogens with two attached hydrogens (primary N) is 1. The molecule has 4 nitrogen and oxygen atoms in total. The third-order valence-corrected chi connectivity index (χ3v) is 3.39. The lowest BCUT2D eigenvalue weighted by Crippen LogP contribution is -2.28. The average Bonchev–Trinajstić information content (AvgIpc) is 2.13. The van der Waals surface area contributed by atoms with Crippen molar-refractivity contribution >= 4 is 5.97 Å². The Morgan fingerprint density at radius 1 is 1.47 bits per heavy atom. The summed E-state index contributed by atoms with van der Waals surface area (Å²) in [5.74, 6) is -2.35. The highest BCUT2D eigenvalue weighted by atomic mass is 19.1. The van der Waals surface area contributed by atoms with Crippen molar-refractivity contribution in [2.45, 2.75) is 25.3 Å². The second-order valence-corrected chi connectivity index (χ2v) is 4.38. The summed E-state index contributed by atoms with van der Waals surface area (Å²) < 4.78 is 13.6. The van der Waals surface area contributed by atoms with Crippen molar-refractivity contribution in [2.24, 2.45) is 11.7 Å². The number of benzene rings is 1. The lowest BCUT2D eigenvalue weighted by Gasteiger charge is -2.32. The molecule has 1 atom stereocenters. The van der Waals surface area contributed by atoms with Gasteiger partial charge in [0.1, 0.15) is 17.1 Å². The van der Waals surface area contributed by atoms with Crippen LogP contribution < -0.4 is 5.73 Å². The minimum absolute atomic E-state index is 0.0744. The Morgan fingerprint density at radius 2 is 2.12 bits per heavy atom. The highest BCUT2D eigenvalue weighted by Gasteiger charge is 2.31. The fraction of sp³-hybridized carbons (Fsp3) is 0.417. The Hall–Kier alpha value is -1.62. The molecular formula is C12H14FNO3. The molecule has 1 fully saturated rings. The summed E-state index contributed by atoms with van der Waals surface area (Å²) in [6, 6.07) is 1.45. The minimum Gasteiger partial charge on any atom is -0.507 e. The molecule has 1 aromatic carbocycles. The standard InChI is InChI=1S/C12H14FNO3/c13-8-5-4-7(12(16)17)11(15)9(8)10(14)6-2-1-3-6/h4-6,10,15H,1-3,14H2,(H,16,17)/t10-/m0/s1. The van der Waals surface area contributed by atoms with E-state index in [1.54, 1.807) is 0 Å². The van der Waals surface area contributed by atoms with Crippen molar-refractivity contribution in [3.63, 3.8) is 0 Å². The fourth-order valence-electron chi connectivity index (χ4n) is 2.11. The minimum atomic E-state index is -1.29. The first-order chi connectivity index (χ1) is 8.02. The van der Waals surface area contributed by atoms with Gasteiger partial charge in [-0.1, -0.05) is 6.42 Å². The second kappa shape index (κ2) is 4.33. The van der Waals surface area contributed by atoms with E-state index in [1.165, 1.54) is 0 Å². The van der Waals surface area contributed by atoms with Crippen LogP contribution in [-0.2, 0) is 0 Å². The van der Waals surface area contributed by atoms with E-state index in [0.29, 0.717) is 0 Å². The van der Waals surface area contributed by atoms with Gasteiger partial charge in [0.15, 0.2) is 0 Å². The average molecular weight is 239 g/mol. The largest absolute Gasteiger partial charge is 0.507 e. The van der Waals surface area contributed by atoms with E-state index in [0.717, 1.165) is 31.4 Å². The molecule has 1 aromatic rings. The molecule has 0 heterocycles. The number of aromatic carboxylic acids is 1. The van der Waals surface area contributed by atoms with Crippen LogP contribution >= 0.6 is 0 Å². The first-order valence-electron chi connectivity index (χ1n) is 5.52. The first-order valence-corrected chi connectivity index (χ1v) is 5.52. The summed E-state index contributed by atoms with van der Waals surface area (Å²) >= 11 is 0. The molecule has 17 heavy (non-hydrogen) atoms. The molecule has 0 spiro atoms. The maximum absolute atomic E-state index is 13.6. The highest BCUT2D eigenvalue weighted by Crippen LogP contribution is 2.40. The zero-order valence-corrected chi connectivity index (χ0v) is 9.19. The maximum Gasteiger partial charge on any atom is 0.339 e. The van der Waals surface area contributed by atoms with Crippen LogP contribution in [0.1, 0.15) is 41.2 Å². The van der Waals surface area contributed by atoms with Crippen LogP contribution in [0.2, 0.25) is 0 Å². The van der Waals surface area contributed by atoms with Crippen molar-refractivity contribution in [3.8, 4) is 5.75 Å². The van der Waals surface area contributed by atoms with E-state index in [1.807, 2.05) is 0 Å². The number of hydrogen-bond acceptors (Lipinski definition) is 3. The van der Waals surface area contributed by atoms with Gasteiger partial charge in [0.25, 0.3) is 0 Å². The topological polar surface area (TPSA) is 83.6 Å². The Bertz CT molecular complexity index is 457. The Balaban J connectivity index is 2.43. The summed E-state index contributed by atoms with van der Waals surface area (Å²) in [4.78, 5) is 10.8. The van der Waals surface area contributed by atoms with Crippen molar-refractivity contribution in [1.82, 2.24) is 0 Å². The highest BCUT2D eigenvalue weighted by molar-refractivity contribution is 5.91. The molecule has 0 bridgehead atoms. The number of rotatable bonds is 3. The smallest absolute Gasteiger partial charge is 0.339 e. The van der Waals surface area contributed by atoms with Crippen LogP contribution in [0, 0.1) is 11.7 Å². The van der Waals surface area contributed by atoms with Crippen molar-refractivity contribution in [2.75, 3.05) is 0 Å². The number of aromatic hydroxyl groups is 1. The molecular weight excluding hydrogens is 225 g/mol. The van der Waals surface area contributed by atoms with Gasteiger partial charge >= 0.3 is 5.97 Å². The van der Waals surface area contributed by atoms with Gasteiger partial charge in [-0.15, -0.1) is 0 Å². The van der Waals surface area contributed by atoms with Gasteiger partial charge in [-0.2, -0.15) is 0 Å². The van der Waals surface area contributed by atoms with Crippen LogP contribution in [0.4, 0.5) is 4.39 Å². The molecule has 92 valence electrons. The van der Waals surface area contributed by atoms with Crippen molar-refractivity contribution < 1.29 is 19.4 Å². The van der Waals surface area contributed by atoms with Gasteiger partial charge in [0.05, 0.1) is 0 Å². The van der Waals surface area contributed by atoms with E-state index in [9.17, 15) is 14.3 Å². The molecule has 0 radical (unpaired) electrons. The van der Waals surface area contributed by atoms with Crippen molar-refractivity contribution in [1.29, 1.82) is 0 Å². The quantitative estimate of drug-likeness (QED) is 0.753. The van der Waals surface area contributed by atoms with Gasteiger partial charge in [0.2, 0.25) is 0 Å². The summed E-state index contributed by atoms with van der Waals surface area (Å²) in [6.07, 6.45) is 2.81. The molecule has 1 aliphatic rings. The summed E-state index contributed by atoms with van der Waals surface area (Å²) in [5, 5.41) is 18.6. The number of phenols is 1. The van der Waals surface area contributed by atoms with Crippen LogP contribution in [0.25, 0.3) is 0 Å². The van der Waals surface area contributed by atoms with Gasteiger partial charge < -0.3 is 15.9 Å². The SMILES string of the molecule is N[C@H](c1c(F)ccc(C(=O)O)c1O)C1CCC1. The fourth-order valence-corrected chi connectivity index (χ4v) is 2.11. The summed E-state index contributed by atoms with van der Waals surface area (Å²) in [7, 11) is 0. The Kier molecular flexibility index (Phi) is 3.02. The van der Waals surface area contributed by atoms with E-state index in [4.69, 9.17) is 10.8 Å². The Morgan fingerprint density at radius 3 is 2.59 bits per heavy atom. The van der Waals surface area contributed by atoms with E-state index in [-0.39, 0.29) is 17.0 Å². The van der Waals surface area contributed by atoms with E-state index >= 15 is 0 Å². The van der Waals surface area contributed by atoms with Crippen LogP contribution in [-0.4, -0.2) is 16.2 Å². The number of carboxylic acids is 1. The predicted octanol–water partition coefficient (Wildman–Crippen LogP) is 2.03. The first kappa shape index (κ1) is 11.9. The van der Waals surface area contributed by atoms with Crippen molar-refractivity contribution in [3.05, 3.63) is 29.1 Å². The monoisotopic (exact) mass is 239 g/mol. The third kappa shape index (κ3) is 1.98. The molecule has 0 aromatic heterocycles. The third-order valence-electron chi connectivity index (χ3n) is 3.39. The molecule has 0 amide bonds. The van der Waals surface area contributed by atoms with Gasteiger partial charge in [-0.25, -0.2) is 9.18 Å². The molecule has 5 heteroatoms. The molecule has 4 N–H and O–H groups in total. The van der Waals surface area contributed by atoms with Crippen LogP contribution in [0.5, 0.6) is 5.75 Å². The number of carbonyl (C=O) groups is 1. The zero-order valence-electron chi connectivity index (χ0n) is 9.19. The maximum atomic E-state index is 13.6. The lowest BCUT2D eigenvalue weighted by molar-refractivity contribution is 0.0693. The normalized spacial score (nSPS) is 17.5. The van der Waals surface area contributed by atoms with E-state index in [2.05, 4.69) is 0 Å². The van der Waals surface area contributed by atoms with Gasteiger partial charge in [0, 0.05) is 11.6 Å². The molecule has 0 unspecified atom stereocenters. The lowest BCUT2D eigenvalue weighted by atomic mass is 9.77. The summed E-state index contributed by atoms with van der Waals surface area (Å²) in [6.45, 7) is 0. The van der Waals surface area contributed by atoms with E-state index < -0.39 is 23.6 Å². The number of hydrogen-bond donors (Lipinski definition) is 3. The Labute approximate surface area is 97.9 Å². The number of halogens is 1.